The van der Waals surface area contributed by atoms with Crippen molar-refractivity contribution in [2.24, 2.45) is 0 Å². The summed E-state index contributed by atoms with van der Waals surface area (Å²) in [5.41, 5.74) is 0.673. The van der Waals surface area contributed by atoms with E-state index in [1.165, 1.54) is 18.4 Å². The van der Waals surface area contributed by atoms with Crippen LogP contribution in [-0.4, -0.2) is 11.1 Å². The van der Waals surface area contributed by atoms with Crippen LogP contribution in [0.4, 0.5) is 4.39 Å². The highest BCUT2D eigenvalue weighted by Gasteiger charge is 2.12. The maximum atomic E-state index is 13.3. The van der Waals surface area contributed by atoms with Crippen LogP contribution in [0, 0.1) is 5.82 Å². The van der Waals surface area contributed by atoms with Gasteiger partial charge in [-0.3, -0.25) is 4.79 Å². The van der Waals surface area contributed by atoms with Gasteiger partial charge < -0.3 is 9.52 Å². The summed E-state index contributed by atoms with van der Waals surface area (Å²) in [5.74, 6) is -1.57. The van der Waals surface area contributed by atoms with Gasteiger partial charge >= 0.3 is 5.97 Å². The van der Waals surface area contributed by atoms with Gasteiger partial charge in [0, 0.05) is 10.9 Å². The van der Waals surface area contributed by atoms with Gasteiger partial charge in [0.1, 0.15) is 11.4 Å². The molecule has 0 aliphatic heterocycles. The zero-order valence-electron chi connectivity index (χ0n) is 7.16. The molecule has 0 amide bonds. The van der Waals surface area contributed by atoms with Crippen LogP contribution in [0.3, 0.4) is 0 Å². The van der Waals surface area contributed by atoms with E-state index in [0.29, 0.717) is 11.0 Å². The standard InChI is InChI=1S/C10H7FO3/c11-8-1-2-9-6(3-4-14-9)7(8)5-10(12)13/h1-4H,5H2,(H,12,13). The van der Waals surface area contributed by atoms with Crippen molar-refractivity contribution in [1.82, 2.24) is 0 Å². The first-order chi connectivity index (χ1) is 6.68. The molecule has 0 atom stereocenters. The number of carbonyl (C=O) groups is 1. The second kappa shape index (κ2) is 3.14. The van der Waals surface area contributed by atoms with Crippen molar-refractivity contribution >= 4 is 16.9 Å². The van der Waals surface area contributed by atoms with E-state index in [0.717, 1.165) is 0 Å². The van der Waals surface area contributed by atoms with Crippen LogP contribution in [0.1, 0.15) is 5.56 Å². The van der Waals surface area contributed by atoms with E-state index < -0.39 is 11.8 Å². The van der Waals surface area contributed by atoms with Crippen LogP contribution < -0.4 is 0 Å². The van der Waals surface area contributed by atoms with Gasteiger partial charge in [0.25, 0.3) is 0 Å². The maximum absolute atomic E-state index is 13.3. The minimum absolute atomic E-state index is 0.170. The Hall–Kier alpha value is -1.84. The number of aliphatic carboxylic acids is 1. The highest BCUT2D eigenvalue weighted by Crippen LogP contribution is 2.23. The molecule has 0 spiro atoms. The van der Waals surface area contributed by atoms with Gasteiger partial charge in [-0.15, -0.1) is 0 Å². The molecular formula is C10H7FO3. The second-order valence-corrected chi connectivity index (χ2v) is 2.93. The Kier molecular flexibility index (Phi) is 1.96. The van der Waals surface area contributed by atoms with Crippen LogP contribution in [0.2, 0.25) is 0 Å². The number of carboxylic acid groups (broad SMARTS) is 1. The predicted molar refractivity (Wildman–Crippen MR) is 47.5 cm³/mol. The third-order valence-corrected chi connectivity index (χ3v) is 2.02. The Bertz CT molecular complexity index is 487. The third kappa shape index (κ3) is 1.35. The number of hydrogen-bond donors (Lipinski definition) is 1. The van der Waals surface area contributed by atoms with Crippen molar-refractivity contribution in [3.8, 4) is 0 Å². The molecular weight excluding hydrogens is 187 g/mol. The van der Waals surface area contributed by atoms with Crippen molar-refractivity contribution < 1.29 is 18.7 Å². The molecule has 0 saturated carbocycles. The monoisotopic (exact) mass is 194 g/mol. The fourth-order valence-corrected chi connectivity index (χ4v) is 1.41. The van der Waals surface area contributed by atoms with Crippen molar-refractivity contribution in [3.05, 3.63) is 35.8 Å². The molecule has 0 saturated heterocycles. The smallest absolute Gasteiger partial charge is 0.307 e. The van der Waals surface area contributed by atoms with Gasteiger partial charge in [0.2, 0.25) is 0 Å². The van der Waals surface area contributed by atoms with Crippen LogP contribution in [0.25, 0.3) is 11.0 Å². The molecule has 0 bridgehead atoms. The summed E-state index contributed by atoms with van der Waals surface area (Å²) in [6.07, 6.45) is 1.08. The summed E-state index contributed by atoms with van der Waals surface area (Å²) < 4.78 is 18.3. The van der Waals surface area contributed by atoms with Gasteiger partial charge in [-0.05, 0) is 18.2 Å². The second-order valence-electron chi connectivity index (χ2n) is 2.93. The molecule has 0 radical (unpaired) electrons. The van der Waals surface area contributed by atoms with Crippen molar-refractivity contribution in [2.45, 2.75) is 6.42 Å². The number of halogens is 1. The minimum Gasteiger partial charge on any atom is -0.481 e. The Morgan fingerprint density at radius 2 is 2.21 bits per heavy atom. The molecule has 1 aromatic carbocycles. The Balaban J connectivity index is 2.64. The molecule has 14 heavy (non-hydrogen) atoms. The molecule has 1 aromatic heterocycles. The van der Waals surface area contributed by atoms with Gasteiger partial charge in [-0.2, -0.15) is 0 Å². The van der Waals surface area contributed by atoms with E-state index >= 15 is 0 Å². The average molecular weight is 194 g/mol. The van der Waals surface area contributed by atoms with Crippen LogP contribution in [0.15, 0.2) is 28.9 Å². The lowest BCUT2D eigenvalue weighted by Crippen LogP contribution is -2.02. The molecule has 0 unspecified atom stereocenters. The van der Waals surface area contributed by atoms with E-state index in [-0.39, 0.29) is 12.0 Å². The van der Waals surface area contributed by atoms with Crippen LogP contribution >= 0.6 is 0 Å². The first-order valence-corrected chi connectivity index (χ1v) is 4.05. The quantitative estimate of drug-likeness (QED) is 0.797. The topological polar surface area (TPSA) is 50.4 Å². The predicted octanol–water partition coefficient (Wildman–Crippen LogP) is 2.20. The Morgan fingerprint density at radius 3 is 2.93 bits per heavy atom. The van der Waals surface area contributed by atoms with Crippen LogP contribution in [-0.2, 0) is 11.2 Å². The van der Waals surface area contributed by atoms with Gasteiger partial charge in [0.05, 0.1) is 12.7 Å². The zero-order chi connectivity index (χ0) is 10.1. The Morgan fingerprint density at radius 1 is 1.43 bits per heavy atom. The SMILES string of the molecule is O=C(O)Cc1c(F)ccc2occc12. The highest BCUT2D eigenvalue weighted by molar-refractivity contribution is 5.85. The van der Waals surface area contributed by atoms with Gasteiger partial charge in [0.15, 0.2) is 0 Å². The molecule has 3 nitrogen and oxygen atoms in total. The normalized spacial score (nSPS) is 10.6. The first kappa shape index (κ1) is 8.74. The lowest BCUT2D eigenvalue weighted by Gasteiger charge is -2.00. The number of carboxylic acids is 1. The van der Waals surface area contributed by atoms with Crippen LogP contribution in [0.5, 0.6) is 0 Å². The largest absolute Gasteiger partial charge is 0.481 e. The Labute approximate surface area is 78.8 Å². The van der Waals surface area contributed by atoms with Crippen molar-refractivity contribution in [2.75, 3.05) is 0 Å². The van der Waals surface area contributed by atoms with E-state index in [9.17, 15) is 9.18 Å². The lowest BCUT2D eigenvalue weighted by molar-refractivity contribution is -0.136. The maximum Gasteiger partial charge on any atom is 0.307 e. The van der Waals surface area contributed by atoms with Gasteiger partial charge in [-0.25, -0.2) is 4.39 Å². The van der Waals surface area contributed by atoms with E-state index in [1.54, 1.807) is 6.07 Å². The minimum atomic E-state index is -1.06. The number of rotatable bonds is 2. The molecule has 2 aromatic rings. The van der Waals surface area contributed by atoms with Crippen molar-refractivity contribution in [1.29, 1.82) is 0 Å². The fraction of sp³-hybridized carbons (Fsp3) is 0.100. The summed E-state index contributed by atoms with van der Waals surface area (Å²) in [4.78, 5) is 10.5. The molecule has 0 aliphatic rings. The van der Waals surface area contributed by atoms with Gasteiger partial charge in [-0.1, -0.05) is 0 Å². The average Bonchev–Trinajstić information content (AvgIpc) is 2.57. The molecule has 72 valence electrons. The molecule has 2 rings (SSSR count). The molecule has 0 fully saturated rings. The molecule has 1 heterocycles. The van der Waals surface area contributed by atoms with E-state index in [2.05, 4.69) is 0 Å². The fourth-order valence-electron chi connectivity index (χ4n) is 1.41. The molecule has 4 heteroatoms. The highest BCUT2D eigenvalue weighted by atomic mass is 19.1. The summed E-state index contributed by atoms with van der Waals surface area (Å²) in [6.45, 7) is 0. The summed E-state index contributed by atoms with van der Waals surface area (Å²) in [7, 11) is 0. The van der Waals surface area contributed by atoms with E-state index in [4.69, 9.17) is 9.52 Å². The molecule has 1 N–H and O–H groups in total. The number of benzene rings is 1. The third-order valence-electron chi connectivity index (χ3n) is 2.02. The number of fused-ring (bicyclic) bond motifs is 1. The lowest BCUT2D eigenvalue weighted by atomic mass is 10.1. The molecule has 0 aliphatic carbocycles. The summed E-state index contributed by atoms with van der Waals surface area (Å²) in [5, 5.41) is 9.11. The zero-order valence-corrected chi connectivity index (χ0v) is 7.16. The summed E-state index contributed by atoms with van der Waals surface area (Å²) in [6, 6.07) is 4.26. The van der Waals surface area contributed by atoms with E-state index in [1.807, 2.05) is 0 Å². The van der Waals surface area contributed by atoms with Crippen molar-refractivity contribution in [3.63, 3.8) is 0 Å². The number of furan rings is 1. The number of hydrogen-bond acceptors (Lipinski definition) is 2. The summed E-state index contributed by atoms with van der Waals surface area (Å²) >= 11 is 0. The first-order valence-electron chi connectivity index (χ1n) is 4.05.